The second kappa shape index (κ2) is 13.4. The van der Waals surface area contributed by atoms with Crippen LogP contribution in [0.2, 0.25) is 0 Å². The summed E-state index contributed by atoms with van der Waals surface area (Å²) in [5.74, 6) is -0.454. The van der Waals surface area contributed by atoms with Crippen LogP contribution in [-0.4, -0.2) is 71.7 Å². The van der Waals surface area contributed by atoms with Crippen molar-refractivity contribution in [2.45, 2.75) is 24.9 Å². The maximum Gasteiger partial charge on any atom is 0.269 e. The molecule has 2 N–H and O–H groups in total. The summed E-state index contributed by atoms with van der Waals surface area (Å²) in [6.45, 7) is 5.44. The second-order valence-electron chi connectivity index (χ2n) is 9.78. The van der Waals surface area contributed by atoms with Gasteiger partial charge >= 0.3 is 0 Å². The molecule has 1 aliphatic rings. The fraction of sp³-hybridized carbons (Fsp3) is 0.379. The molecule has 4 rings (SSSR count). The largest absolute Gasteiger partial charge is 0.390 e. The highest BCUT2D eigenvalue weighted by Crippen LogP contribution is 2.30. The van der Waals surface area contributed by atoms with Gasteiger partial charge < -0.3 is 15.3 Å². The van der Waals surface area contributed by atoms with E-state index in [1.807, 2.05) is 24.3 Å². The van der Waals surface area contributed by atoms with E-state index in [-0.39, 0.29) is 23.2 Å². The molecular weight excluding hydrogens is 490 g/mol. The first-order chi connectivity index (χ1) is 18.4. The monoisotopic (exact) mass is 524 g/mol. The maximum atomic E-state index is 13.5. The van der Waals surface area contributed by atoms with Gasteiger partial charge in [0, 0.05) is 63.0 Å². The van der Waals surface area contributed by atoms with E-state index < -0.39 is 11.0 Å². The topological polar surface area (TPSA) is 81.9 Å². The molecule has 0 bridgehead atoms. The van der Waals surface area contributed by atoms with Gasteiger partial charge in [0.25, 0.3) is 5.69 Å². The number of nitro benzene ring substituents is 1. The van der Waals surface area contributed by atoms with Crippen LogP contribution >= 0.6 is 0 Å². The molecular formula is C29H34F2N4O3. The van der Waals surface area contributed by atoms with E-state index in [4.69, 9.17) is 0 Å². The summed E-state index contributed by atoms with van der Waals surface area (Å²) >= 11 is 0. The molecule has 1 saturated heterocycles. The number of aliphatic hydroxyl groups excluding tert-OH is 1. The molecule has 1 heterocycles. The van der Waals surface area contributed by atoms with E-state index in [1.54, 1.807) is 12.1 Å². The van der Waals surface area contributed by atoms with Gasteiger partial charge in [0.1, 0.15) is 11.6 Å². The predicted molar refractivity (Wildman–Crippen MR) is 144 cm³/mol. The average molecular weight is 525 g/mol. The molecule has 0 spiro atoms. The van der Waals surface area contributed by atoms with Gasteiger partial charge in [-0.1, -0.05) is 24.3 Å². The van der Waals surface area contributed by atoms with Crippen LogP contribution < -0.4 is 5.32 Å². The third-order valence-electron chi connectivity index (χ3n) is 7.07. The van der Waals surface area contributed by atoms with Gasteiger partial charge in [0.2, 0.25) is 0 Å². The zero-order valence-corrected chi connectivity index (χ0v) is 21.3. The maximum absolute atomic E-state index is 13.5. The van der Waals surface area contributed by atoms with E-state index in [9.17, 15) is 24.0 Å². The Bertz CT molecular complexity index is 1110. The number of nitrogens with zero attached hydrogens (tertiary/aromatic N) is 3. The standard InChI is InChI=1S/C29H34F2N4O3/c30-24-7-3-22(4-8-24)29(23-5-9-25(31)10-6-23)2-1-15-33-16-18-34(19-17-33)21-28(36)20-32-26-11-13-27(14-12-26)35(37)38/h3-14,28-29,32,36H,1-2,15-21H2. The summed E-state index contributed by atoms with van der Waals surface area (Å²) in [4.78, 5) is 15.0. The summed E-state index contributed by atoms with van der Waals surface area (Å²) in [6.07, 6.45) is 1.29. The van der Waals surface area contributed by atoms with Crippen molar-refractivity contribution in [2.24, 2.45) is 0 Å². The minimum absolute atomic E-state index is 0.0374. The first kappa shape index (κ1) is 27.6. The van der Waals surface area contributed by atoms with Crippen LogP contribution in [0, 0.1) is 21.7 Å². The van der Waals surface area contributed by atoms with Gasteiger partial charge in [-0.15, -0.1) is 0 Å². The molecule has 1 atom stereocenters. The molecule has 9 heteroatoms. The highest BCUT2D eigenvalue weighted by Gasteiger charge is 2.20. The van der Waals surface area contributed by atoms with Crippen molar-refractivity contribution in [1.29, 1.82) is 0 Å². The number of hydrogen-bond donors (Lipinski definition) is 2. The van der Waals surface area contributed by atoms with E-state index in [0.717, 1.165) is 62.4 Å². The van der Waals surface area contributed by atoms with Crippen molar-refractivity contribution in [2.75, 3.05) is 51.1 Å². The molecule has 0 radical (unpaired) electrons. The van der Waals surface area contributed by atoms with E-state index in [2.05, 4.69) is 15.1 Å². The summed E-state index contributed by atoms with van der Waals surface area (Å²) < 4.78 is 26.9. The fourth-order valence-corrected chi connectivity index (χ4v) is 4.93. The molecule has 0 aromatic heterocycles. The van der Waals surface area contributed by atoms with Gasteiger partial charge in [-0.2, -0.15) is 0 Å². The molecule has 0 amide bonds. The normalized spacial score (nSPS) is 15.5. The lowest BCUT2D eigenvalue weighted by Crippen LogP contribution is -2.49. The number of piperazine rings is 1. The zero-order valence-electron chi connectivity index (χ0n) is 21.3. The Morgan fingerprint density at radius 3 is 1.89 bits per heavy atom. The summed E-state index contributed by atoms with van der Waals surface area (Å²) in [6, 6.07) is 19.3. The summed E-state index contributed by atoms with van der Waals surface area (Å²) in [5.41, 5.74) is 2.83. The number of nitrogens with one attached hydrogen (secondary N) is 1. The molecule has 0 saturated carbocycles. The molecule has 1 fully saturated rings. The second-order valence-corrected chi connectivity index (χ2v) is 9.78. The lowest BCUT2D eigenvalue weighted by atomic mass is 9.87. The quantitative estimate of drug-likeness (QED) is 0.260. The van der Waals surface area contributed by atoms with Crippen molar-refractivity contribution >= 4 is 11.4 Å². The molecule has 1 unspecified atom stereocenters. The molecule has 1 aliphatic heterocycles. The molecule has 202 valence electrons. The molecule has 3 aromatic rings. The fourth-order valence-electron chi connectivity index (χ4n) is 4.93. The van der Waals surface area contributed by atoms with Crippen molar-refractivity contribution in [3.8, 4) is 0 Å². The van der Waals surface area contributed by atoms with E-state index in [0.29, 0.717) is 13.1 Å². The highest BCUT2D eigenvalue weighted by molar-refractivity contribution is 5.48. The number of hydrogen-bond acceptors (Lipinski definition) is 6. The van der Waals surface area contributed by atoms with Crippen LogP contribution in [0.3, 0.4) is 0 Å². The lowest BCUT2D eigenvalue weighted by Gasteiger charge is -2.36. The average Bonchev–Trinajstić information content (AvgIpc) is 2.92. The number of rotatable bonds is 12. The Labute approximate surface area is 221 Å². The smallest absolute Gasteiger partial charge is 0.269 e. The van der Waals surface area contributed by atoms with Gasteiger partial charge in [-0.25, -0.2) is 8.78 Å². The number of non-ortho nitro benzene ring substituents is 1. The number of halogens is 2. The SMILES string of the molecule is O=[N+]([O-])c1ccc(NCC(O)CN2CCN(CCCC(c3ccc(F)cc3)c3ccc(F)cc3)CC2)cc1. The Morgan fingerprint density at radius 2 is 1.37 bits per heavy atom. The first-order valence-electron chi connectivity index (χ1n) is 13.0. The number of anilines is 1. The number of nitro groups is 1. The third kappa shape index (κ3) is 8.05. The van der Waals surface area contributed by atoms with Gasteiger partial charge in [0.15, 0.2) is 0 Å². The third-order valence-corrected chi connectivity index (χ3v) is 7.07. The molecule has 7 nitrogen and oxygen atoms in total. The van der Waals surface area contributed by atoms with Crippen LogP contribution in [0.4, 0.5) is 20.2 Å². The van der Waals surface area contributed by atoms with Gasteiger partial charge in [0.05, 0.1) is 11.0 Å². The van der Waals surface area contributed by atoms with Crippen molar-refractivity contribution < 1.29 is 18.8 Å². The first-order valence-corrected chi connectivity index (χ1v) is 13.0. The van der Waals surface area contributed by atoms with Crippen LogP contribution in [0.25, 0.3) is 0 Å². The van der Waals surface area contributed by atoms with Crippen LogP contribution in [0.1, 0.15) is 29.9 Å². The summed E-state index contributed by atoms with van der Waals surface area (Å²) in [7, 11) is 0. The molecule has 38 heavy (non-hydrogen) atoms. The van der Waals surface area contributed by atoms with Gasteiger partial charge in [-0.3, -0.25) is 15.0 Å². The molecule has 0 aliphatic carbocycles. The zero-order chi connectivity index (χ0) is 26.9. The highest BCUT2D eigenvalue weighted by atomic mass is 19.1. The number of aliphatic hydroxyl groups is 1. The van der Waals surface area contributed by atoms with Crippen molar-refractivity contribution in [3.63, 3.8) is 0 Å². The predicted octanol–water partition coefficient (Wildman–Crippen LogP) is 4.88. The lowest BCUT2D eigenvalue weighted by molar-refractivity contribution is -0.384. The van der Waals surface area contributed by atoms with Crippen molar-refractivity contribution in [1.82, 2.24) is 9.80 Å². The van der Waals surface area contributed by atoms with Gasteiger partial charge in [-0.05, 0) is 66.9 Å². The minimum atomic E-state index is -0.552. The Morgan fingerprint density at radius 1 is 0.842 bits per heavy atom. The van der Waals surface area contributed by atoms with Crippen molar-refractivity contribution in [3.05, 3.63) is 106 Å². The summed E-state index contributed by atoms with van der Waals surface area (Å²) in [5, 5.41) is 24.3. The Kier molecular flexibility index (Phi) is 9.75. The van der Waals surface area contributed by atoms with E-state index >= 15 is 0 Å². The van der Waals surface area contributed by atoms with Crippen LogP contribution in [0.15, 0.2) is 72.8 Å². The van der Waals surface area contributed by atoms with E-state index in [1.165, 1.54) is 36.4 Å². The minimum Gasteiger partial charge on any atom is -0.390 e. The van der Waals surface area contributed by atoms with Crippen LogP contribution in [-0.2, 0) is 0 Å². The Balaban J connectivity index is 1.19. The Hall–Kier alpha value is -3.40. The number of β-amino-alcohol motifs (C(OH)–C–C–N with tert-alkyl or cyclic N) is 1. The molecule has 3 aromatic carbocycles. The van der Waals surface area contributed by atoms with Crippen LogP contribution in [0.5, 0.6) is 0 Å². The number of benzene rings is 3.